The van der Waals surface area contributed by atoms with Crippen LogP contribution in [-0.2, 0) is 0 Å². The van der Waals surface area contributed by atoms with E-state index in [1.165, 1.54) is 19.3 Å². The molecule has 2 aromatic heterocycles. The van der Waals surface area contributed by atoms with E-state index in [9.17, 15) is 0 Å². The fourth-order valence-electron chi connectivity index (χ4n) is 2.20. The molecule has 0 spiro atoms. The number of piperidine rings is 1. The third-order valence-electron chi connectivity index (χ3n) is 2.97. The summed E-state index contributed by atoms with van der Waals surface area (Å²) in [5.74, 6) is 1.08. The summed E-state index contributed by atoms with van der Waals surface area (Å²) < 4.78 is 1.89. The van der Waals surface area contributed by atoms with Crippen molar-refractivity contribution in [3.05, 3.63) is 24.7 Å². The summed E-state index contributed by atoms with van der Waals surface area (Å²) in [4.78, 5) is 6.76. The summed E-state index contributed by atoms with van der Waals surface area (Å²) in [5.41, 5.74) is 1.11. The molecule has 3 rings (SSSR count). The lowest BCUT2D eigenvalue weighted by Gasteiger charge is -2.27. The highest BCUT2D eigenvalue weighted by molar-refractivity contribution is 5.68. The summed E-state index contributed by atoms with van der Waals surface area (Å²) in [5, 5.41) is 4.18. The predicted molar refractivity (Wildman–Crippen MR) is 59.1 cm³/mol. The maximum atomic E-state index is 4.40. The lowest BCUT2D eigenvalue weighted by Crippen LogP contribution is -2.30. The van der Waals surface area contributed by atoms with Crippen LogP contribution < -0.4 is 4.90 Å². The van der Waals surface area contributed by atoms with Crippen molar-refractivity contribution in [3.63, 3.8) is 0 Å². The van der Waals surface area contributed by atoms with Crippen LogP contribution in [0.1, 0.15) is 19.3 Å². The molecule has 4 nitrogen and oxygen atoms in total. The van der Waals surface area contributed by atoms with E-state index in [1.54, 1.807) is 6.33 Å². The maximum absolute atomic E-state index is 4.40. The Hall–Kier alpha value is -1.58. The van der Waals surface area contributed by atoms with Gasteiger partial charge in [-0.15, -0.1) is 0 Å². The number of anilines is 1. The normalized spacial score (nSPS) is 17.2. The van der Waals surface area contributed by atoms with Gasteiger partial charge < -0.3 is 4.90 Å². The van der Waals surface area contributed by atoms with E-state index in [0.717, 1.165) is 24.4 Å². The van der Waals surface area contributed by atoms with Crippen molar-refractivity contribution in [2.24, 2.45) is 0 Å². The molecule has 0 aliphatic carbocycles. The molecule has 1 aliphatic heterocycles. The third kappa shape index (κ3) is 1.46. The molecule has 0 radical (unpaired) electrons. The molecule has 1 saturated heterocycles. The maximum Gasteiger partial charge on any atom is 0.156 e. The number of nitrogens with zero attached hydrogens (tertiary/aromatic N) is 4. The largest absolute Gasteiger partial charge is 0.355 e. The number of hydrogen-bond donors (Lipinski definition) is 0. The first-order chi connectivity index (χ1) is 7.45. The Bertz CT molecular complexity index is 456. The van der Waals surface area contributed by atoms with Gasteiger partial charge >= 0.3 is 0 Å². The zero-order valence-electron chi connectivity index (χ0n) is 8.63. The minimum atomic E-state index is 1.08. The topological polar surface area (TPSA) is 33.4 Å². The first-order valence-electron chi connectivity index (χ1n) is 5.48. The average molecular weight is 202 g/mol. The summed E-state index contributed by atoms with van der Waals surface area (Å²) in [7, 11) is 0. The van der Waals surface area contributed by atoms with Crippen molar-refractivity contribution in [2.75, 3.05) is 18.0 Å². The first-order valence-corrected chi connectivity index (χ1v) is 5.48. The summed E-state index contributed by atoms with van der Waals surface area (Å²) >= 11 is 0. The van der Waals surface area contributed by atoms with Crippen molar-refractivity contribution in [1.29, 1.82) is 0 Å². The Labute approximate surface area is 88.5 Å². The summed E-state index contributed by atoms with van der Waals surface area (Å²) in [6, 6.07) is 4.08. The van der Waals surface area contributed by atoms with Gasteiger partial charge in [-0.05, 0) is 31.4 Å². The monoisotopic (exact) mass is 202 g/mol. The van der Waals surface area contributed by atoms with Crippen LogP contribution in [-0.4, -0.2) is 27.7 Å². The van der Waals surface area contributed by atoms with Gasteiger partial charge in [0.05, 0.1) is 0 Å². The Morgan fingerprint density at radius 2 is 2.00 bits per heavy atom. The molecule has 0 bridgehead atoms. The molecular weight excluding hydrogens is 188 g/mol. The lowest BCUT2D eigenvalue weighted by molar-refractivity contribution is 0.573. The molecule has 1 aliphatic rings. The zero-order chi connectivity index (χ0) is 10.1. The highest BCUT2D eigenvalue weighted by atomic mass is 15.3. The van der Waals surface area contributed by atoms with Gasteiger partial charge in [0.15, 0.2) is 5.82 Å². The fraction of sp³-hybridized carbons (Fsp3) is 0.455. The second kappa shape index (κ2) is 3.53. The first kappa shape index (κ1) is 8.71. The van der Waals surface area contributed by atoms with E-state index in [0.29, 0.717) is 0 Å². The van der Waals surface area contributed by atoms with Crippen LogP contribution in [0.25, 0.3) is 5.52 Å². The van der Waals surface area contributed by atoms with Gasteiger partial charge in [0, 0.05) is 19.3 Å². The van der Waals surface area contributed by atoms with Gasteiger partial charge in [-0.25, -0.2) is 9.50 Å². The summed E-state index contributed by atoms with van der Waals surface area (Å²) in [6.45, 7) is 2.25. The molecule has 0 unspecified atom stereocenters. The molecule has 2 aromatic rings. The van der Waals surface area contributed by atoms with E-state index < -0.39 is 0 Å². The van der Waals surface area contributed by atoms with Gasteiger partial charge in [-0.2, -0.15) is 5.10 Å². The minimum absolute atomic E-state index is 1.08. The summed E-state index contributed by atoms with van der Waals surface area (Å²) in [6.07, 6.45) is 7.49. The Balaban J connectivity index is 2.05. The standard InChI is InChI=1S/C11H14N4/c1-2-6-14(7-3-1)11-10-5-4-8-15(10)13-9-12-11/h4-5,8-9H,1-3,6-7H2. The minimum Gasteiger partial charge on any atom is -0.355 e. The van der Waals surface area contributed by atoms with Crippen LogP contribution >= 0.6 is 0 Å². The van der Waals surface area contributed by atoms with Crippen LogP contribution in [0.15, 0.2) is 24.7 Å². The van der Waals surface area contributed by atoms with Crippen LogP contribution in [0, 0.1) is 0 Å². The van der Waals surface area contributed by atoms with Gasteiger partial charge in [0.1, 0.15) is 11.8 Å². The molecule has 1 fully saturated rings. The average Bonchev–Trinajstić information content (AvgIpc) is 2.78. The van der Waals surface area contributed by atoms with Gasteiger partial charge in [-0.3, -0.25) is 0 Å². The molecule has 0 amide bonds. The molecule has 0 saturated carbocycles. The number of fused-ring (bicyclic) bond motifs is 1. The second-order valence-corrected chi connectivity index (χ2v) is 3.97. The van der Waals surface area contributed by atoms with Crippen LogP contribution in [0.4, 0.5) is 5.82 Å². The van der Waals surface area contributed by atoms with E-state index in [1.807, 2.05) is 16.8 Å². The van der Waals surface area contributed by atoms with Crippen molar-refractivity contribution in [1.82, 2.24) is 14.6 Å². The van der Waals surface area contributed by atoms with Gasteiger partial charge in [0.25, 0.3) is 0 Å². The van der Waals surface area contributed by atoms with Gasteiger partial charge in [-0.1, -0.05) is 0 Å². The van der Waals surface area contributed by atoms with E-state index in [4.69, 9.17) is 0 Å². The second-order valence-electron chi connectivity index (χ2n) is 3.97. The number of rotatable bonds is 1. The van der Waals surface area contributed by atoms with Crippen molar-refractivity contribution in [3.8, 4) is 0 Å². The molecule has 0 N–H and O–H groups in total. The van der Waals surface area contributed by atoms with Crippen LogP contribution in [0.3, 0.4) is 0 Å². The van der Waals surface area contributed by atoms with Crippen LogP contribution in [0.2, 0.25) is 0 Å². The fourth-order valence-corrected chi connectivity index (χ4v) is 2.20. The van der Waals surface area contributed by atoms with E-state index in [-0.39, 0.29) is 0 Å². The molecule has 4 heteroatoms. The highest BCUT2D eigenvalue weighted by Crippen LogP contribution is 2.21. The third-order valence-corrected chi connectivity index (χ3v) is 2.97. The SMILES string of the molecule is c1cc2c(N3CCCCC3)ncnn2c1. The molecule has 0 atom stereocenters. The van der Waals surface area contributed by atoms with Crippen LogP contribution in [0.5, 0.6) is 0 Å². The Morgan fingerprint density at radius 1 is 1.13 bits per heavy atom. The van der Waals surface area contributed by atoms with Crippen molar-refractivity contribution in [2.45, 2.75) is 19.3 Å². The highest BCUT2D eigenvalue weighted by Gasteiger charge is 2.14. The molecular formula is C11H14N4. The van der Waals surface area contributed by atoms with Crippen molar-refractivity contribution < 1.29 is 0 Å². The van der Waals surface area contributed by atoms with E-state index >= 15 is 0 Å². The quantitative estimate of drug-likeness (QED) is 0.706. The predicted octanol–water partition coefficient (Wildman–Crippen LogP) is 1.72. The number of hydrogen-bond acceptors (Lipinski definition) is 3. The molecule has 0 aromatic carbocycles. The lowest BCUT2D eigenvalue weighted by atomic mass is 10.1. The zero-order valence-corrected chi connectivity index (χ0v) is 8.63. The van der Waals surface area contributed by atoms with Crippen molar-refractivity contribution >= 4 is 11.3 Å². The molecule has 15 heavy (non-hydrogen) atoms. The molecule has 3 heterocycles. The van der Waals surface area contributed by atoms with Gasteiger partial charge in [0.2, 0.25) is 0 Å². The number of aromatic nitrogens is 3. The van der Waals surface area contributed by atoms with E-state index in [2.05, 4.69) is 21.0 Å². The Morgan fingerprint density at radius 3 is 2.87 bits per heavy atom. The Kier molecular flexibility index (Phi) is 2.05. The molecule has 78 valence electrons. The smallest absolute Gasteiger partial charge is 0.156 e.